The van der Waals surface area contributed by atoms with E-state index in [1.165, 1.54) is 0 Å². The lowest BCUT2D eigenvalue weighted by molar-refractivity contribution is -0.139. The summed E-state index contributed by atoms with van der Waals surface area (Å²) in [7, 11) is 0. The Bertz CT molecular complexity index is 703. The van der Waals surface area contributed by atoms with E-state index >= 15 is 0 Å². The number of anilines is 1. The number of β-amino-alcohol motifs (C(OH)–C–C–N with tert-alkyl or cyclic N) is 1. The van der Waals surface area contributed by atoms with Crippen LogP contribution in [0.3, 0.4) is 0 Å². The fourth-order valence-electron chi connectivity index (χ4n) is 1.97. The van der Waals surface area contributed by atoms with Gasteiger partial charge in [-0.05, 0) is 28.1 Å². The van der Waals surface area contributed by atoms with Crippen LogP contribution >= 0.6 is 15.9 Å². The molecule has 0 radical (unpaired) electrons. The monoisotopic (exact) mass is 396 g/mol. The van der Waals surface area contributed by atoms with Crippen LogP contribution in [0.5, 0.6) is 0 Å². The second-order valence-electron chi connectivity index (χ2n) is 4.51. The van der Waals surface area contributed by atoms with E-state index in [1.54, 1.807) is 0 Å². The highest BCUT2D eigenvalue weighted by molar-refractivity contribution is 9.10. The summed E-state index contributed by atoms with van der Waals surface area (Å²) in [5.74, 6) is -2.76. The molecule has 0 fully saturated rings. The predicted molar refractivity (Wildman–Crippen MR) is 74.6 cm³/mol. The molecule has 2 rings (SSSR count). The number of carbonyl (C=O) groups is 2. The molecule has 1 aromatic rings. The first-order valence-electron chi connectivity index (χ1n) is 6.16. The Morgan fingerprint density at radius 3 is 2.48 bits per heavy atom. The molecule has 1 aliphatic heterocycles. The maximum atomic E-state index is 13.2. The molecule has 0 unspecified atom stereocenters. The zero-order chi connectivity index (χ0) is 17.4. The van der Waals surface area contributed by atoms with E-state index in [-0.39, 0.29) is 17.1 Å². The standard InChI is InChI=1S/C13H9BrF4N2O3/c14-8-4-6(15)3-7(13(16,17)18)11(8)19-9-5-10(22)20(1-2-21)12(9)23/h3-5,19,21H,1-2H2. The normalized spacial score (nSPS) is 15.2. The molecule has 1 aromatic carbocycles. The van der Waals surface area contributed by atoms with Crippen LogP contribution in [0.15, 0.2) is 28.4 Å². The van der Waals surface area contributed by atoms with Crippen LogP contribution in [-0.4, -0.2) is 35.0 Å². The molecule has 1 heterocycles. The van der Waals surface area contributed by atoms with E-state index in [4.69, 9.17) is 5.11 Å². The molecule has 2 N–H and O–H groups in total. The number of amides is 2. The molecule has 10 heteroatoms. The number of hydrogen-bond donors (Lipinski definition) is 2. The van der Waals surface area contributed by atoms with E-state index < -0.39 is 47.4 Å². The van der Waals surface area contributed by atoms with Gasteiger partial charge in [-0.3, -0.25) is 14.5 Å². The van der Waals surface area contributed by atoms with Crippen molar-refractivity contribution in [2.75, 3.05) is 18.5 Å². The van der Waals surface area contributed by atoms with Crippen LogP contribution in [-0.2, 0) is 15.8 Å². The summed E-state index contributed by atoms with van der Waals surface area (Å²) in [4.78, 5) is 24.2. The molecule has 5 nitrogen and oxygen atoms in total. The third-order valence-electron chi connectivity index (χ3n) is 2.95. The number of aliphatic hydroxyl groups excluding tert-OH is 1. The maximum absolute atomic E-state index is 13.2. The van der Waals surface area contributed by atoms with E-state index in [0.717, 1.165) is 12.1 Å². The highest BCUT2D eigenvalue weighted by Crippen LogP contribution is 2.40. The smallest absolute Gasteiger partial charge is 0.395 e. The van der Waals surface area contributed by atoms with Crippen LogP contribution in [0.25, 0.3) is 0 Å². The number of aliphatic hydroxyl groups is 1. The molecule has 0 atom stereocenters. The van der Waals surface area contributed by atoms with Crippen molar-refractivity contribution in [1.82, 2.24) is 4.90 Å². The van der Waals surface area contributed by atoms with Crippen molar-refractivity contribution in [2.45, 2.75) is 6.18 Å². The highest BCUT2D eigenvalue weighted by Gasteiger charge is 2.37. The fraction of sp³-hybridized carbons (Fsp3) is 0.231. The third-order valence-corrected chi connectivity index (χ3v) is 3.58. The summed E-state index contributed by atoms with van der Waals surface area (Å²) in [6, 6.07) is 1.07. The van der Waals surface area contributed by atoms with Gasteiger partial charge in [-0.15, -0.1) is 0 Å². The van der Waals surface area contributed by atoms with E-state index in [1.807, 2.05) is 0 Å². The summed E-state index contributed by atoms with van der Waals surface area (Å²) in [6.45, 7) is -0.761. The van der Waals surface area contributed by atoms with Gasteiger partial charge in [-0.1, -0.05) is 0 Å². The number of halogens is 5. The Morgan fingerprint density at radius 2 is 1.91 bits per heavy atom. The molecule has 23 heavy (non-hydrogen) atoms. The van der Waals surface area contributed by atoms with Crippen LogP contribution < -0.4 is 5.32 Å². The Hall–Kier alpha value is -1.94. The summed E-state index contributed by atoms with van der Waals surface area (Å²) >= 11 is 2.80. The summed E-state index contributed by atoms with van der Waals surface area (Å²) < 4.78 is 52.0. The van der Waals surface area contributed by atoms with Crippen LogP contribution in [0.2, 0.25) is 0 Å². The minimum atomic E-state index is -4.87. The largest absolute Gasteiger partial charge is 0.418 e. The van der Waals surface area contributed by atoms with Gasteiger partial charge in [0, 0.05) is 10.5 Å². The predicted octanol–water partition coefficient (Wildman–Crippen LogP) is 2.26. The van der Waals surface area contributed by atoms with Crippen LogP contribution in [0.4, 0.5) is 23.2 Å². The Morgan fingerprint density at radius 1 is 1.26 bits per heavy atom. The average Bonchev–Trinajstić information content (AvgIpc) is 2.68. The van der Waals surface area contributed by atoms with Gasteiger partial charge in [-0.2, -0.15) is 13.2 Å². The fourth-order valence-corrected chi connectivity index (χ4v) is 2.50. The van der Waals surface area contributed by atoms with E-state index in [9.17, 15) is 27.2 Å². The zero-order valence-corrected chi connectivity index (χ0v) is 12.8. The lowest BCUT2D eigenvalue weighted by Crippen LogP contribution is -2.34. The molecular weight excluding hydrogens is 388 g/mol. The molecule has 0 spiro atoms. The number of benzene rings is 1. The molecule has 0 aliphatic carbocycles. The molecule has 0 bridgehead atoms. The van der Waals surface area contributed by atoms with Crippen molar-refractivity contribution in [2.24, 2.45) is 0 Å². The number of nitrogens with zero attached hydrogens (tertiary/aromatic N) is 1. The van der Waals surface area contributed by atoms with Gasteiger partial charge in [0.25, 0.3) is 11.8 Å². The van der Waals surface area contributed by atoms with Crippen LogP contribution in [0, 0.1) is 5.82 Å². The average molecular weight is 397 g/mol. The van der Waals surface area contributed by atoms with Crippen molar-refractivity contribution >= 4 is 33.4 Å². The first kappa shape index (κ1) is 17.4. The molecule has 124 valence electrons. The topological polar surface area (TPSA) is 69.6 Å². The zero-order valence-electron chi connectivity index (χ0n) is 11.2. The Balaban J connectivity index is 2.40. The summed E-state index contributed by atoms with van der Waals surface area (Å²) in [5, 5.41) is 11.0. The van der Waals surface area contributed by atoms with Gasteiger partial charge in [0.2, 0.25) is 0 Å². The summed E-state index contributed by atoms with van der Waals surface area (Å²) in [6.07, 6.45) is -4.06. The van der Waals surface area contributed by atoms with Gasteiger partial charge in [0.15, 0.2) is 0 Å². The number of alkyl halides is 3. The van der Waals surface area contributed by atoms with E-state index in [2.05, 4.69) is 21.2 Å². The van der Waals surface area contributed by atoms with Crippen LogP contribution in [0.1, 0.15) is 5.56 Å². The number of imide groups is 1. The summed E-state index contributed by atoms with van der Waals surface area (Å²) in [5.41, 5.74) is -2.32. The second kappa shape index (κ2) is 6.28. The SMILES string of the molecule is O=C1C=C(Nc2c(Br)cc(F)cc2C(F)(F)F)C(=O)N1CCO. The Kier molecular flexibility index (Phi) is 4.76. The molecule has 1 aliphatic rings. The lowest BCUT2D eigenvalue weighted by Gasteiger charge is -2.17. The first-order valence-corrected chi connectivity index (χ1v) is 6.96. The number of rotatable bonds is 4. The lowest BCUT2D eigenvalue weighted by atomic mass is 10.1. The third kappa shape index (κ3) is 3.53. The van der Waals surface area contributed by atoms with Crippen molar-refractivity contribution in [3.05, 3.63) is 39.8 Å². The maximum Gasteiger partial charge on any atom is 0.418 e. The second-order valence-corrected chi connectivity index (χ2v) is 5.36. The number of carbonyl (C=O) groups excluding carboxylic acids is 2. The minimum absolute atomic E-state index is 0.258. The van der Waals surface area contributed by atoms with Crippen molar-refractivity contribution in [1.29, 1.82) is 0 Å². The molecule has 0 saturated heterocycles. The molecule has 0 saturated carbocycles. The Labute approximate surface area is 135 Å². The van der Waals surface area contributed by atoms with Gasteiger partial charge in [0.05, 0.1) is 24.4 Å². The first-order chi connectivity index (χ1) is 10.6. The molecule has 0 aromatic heterocycles. The quantitative estimate of drug-likeness (QED) is 0.604. The number of hydrogen-bond acceptors (Lipinski definition) is 4. The van der Waals surface area contributed by atoms with Gasteiger partial charge < -0.3 is 10.4 Å². The van der Waals surface area contributed by atoms with Crippen molar-refractivity contribution in [3.8, 4) is 0 Å². The van der Waals surface area contributed by atoms with Gasteiger partial charge in [0.1, 0.15) is 11.5 Å². The molecule has 2 amide bonds. The molecular formula is C13H9BrF4N2O3. The van der Waals surface area contributed by atoms with E-state index in [0.29, 0.717) is 4.90 Å². The van der Waals surface area contributed by atoms with Crippen molar-refractivity contribution < 1.29 is 32.3 Å². The number of nitrogens with one attached hydrogen (secondary N) is 1. The van der Waals surface area contributed by atoms with Gasteiger partial charge in [-0.25, -0.2) is 4.39 Å². The van der Waals surface area contributed by atoms with Crippen molar-refractivity contribution in [3.63, 3.8) is 0 Å². The highest BCUT2D eigenvalue weighted by atomic mass is 79.9. The van der Waals surface area contributed by atoms with Gasteiger partial charge >= 0.3 is 6.18 Å². The minimum Gasteiger partial charge on any atom is -0.395 e.